The quantitative estimate of drug-likeness (QED) is 0.762. The molecule has 5 heteroatoms. The smallest absolute Gasteiger partial charge is 0.0807 e. The van der Waals surface area contributed by atoms with Gasteiger partial charge in [-0.25, -0.2) is 0 Å². The van der Waals surface area contributed by atoms with Crippen LogP contribution in [-0.4, -0.2) is 100 Å². The predicted octanol–water partition coefficient (Wildman–Crippen LogP) is 2.56. The summed E-state index contributed by atoms with van der Waals surface area (Å²) in [6.45, 7) is 13.4. The highest BCUT2D eigenvalue weighted by molar-refractivity contribution is 5.02. The third kappa shape index (κ3) is 5.90. The summed E-state index contributed by atoms with van der Waals surface area (Å²) in [6, 6.07) is 0. The fourth-order valence-corrected chi connectivity index (χ4v) is 4.27. The summed E-state index contributed by atoms with van der Waals surface area (Å²) < 4.78 is 10.5. The molecule has 3 heterocycles. The molecule has 3 aliphatic heterocycles. The Balaban J connectivity index is 0.000000256. The zero-order valence-corrected chi connectivity index (χ0v) is 18.0. The highest BCUT2D eigenvalue weighted by atomic mass is 16.5. The van der Waals surface area contributed by atoms with Crippen LogP contribution in [0.5, 0.6) is 0 Å². The Morgan fingerprint density at radius 1 is 0.923 bits per heavy atom. The highest BCUT2D eigenvalue weighted by Crippen LogP contribution is 2.31. The molecule has 0 N–H and O–H groups in total. The van der Waals surface area contributed by atoms with Crippen molar-refractivity contribution in [3.63, 3.8) is 0 Å². The summed E-state index contributed by atoms with van der Waals surface area (Å²) in [5.41, 5.74) is 0.357. The Labute approximate surface area is 162 Å². The molecule has 4 aliphatic rings. The van der Waals surface area contributed by atoms with Crippen LogP contribution in [0.25, 0.3) is 0 Å². The Kier molecular flexibility index (Phi) is 9.31. The molecule has 0 amide bonds. The lowest BCUT2D eigenvalue weighted by Crippen LogP contribution is -2.71. The minimum atomic E-state index is 0.357. The van der Waals surface area contributed by atoms with E-state index in [2.05, 4.69) is 28.8 Å². The first kappa shape index (κ1) is 22.1. The molecule has 4 fully saturated rings. The first-order chi connectivity index (χ1) is 12.6. The lowest BCUT2D eigenvalue weighted by molar-refractivity contribution is -0.170. The predicted molar refractivity (Wildman–Crippen MR) is 109 cm³/mol. The van der Waals surface area contributed by atoms with Crippen molar-refractivity contribution in [3.8, 4) is 0 Å². The topological polar surface area (TPSA) is 28.2 Å². The van der Waals surface area contributed by atoms with Crippen molar-refractivity contribution < 1.29 is 9.47 Å². The maximum atomic E-state index is 5.52. The van der Waals surface area contributed by atoms with E-state index >= 15 is 0 Å². The van der Waals surface area contributed by atoms with Crippen molar-refractivity contribution in [1.82, 2.24) is 14.7 Å². The number of piperidine rings is 1. The SMILES string of the molecule is CC.CN1CCC(CN2CCN(C)CC23COC3)CC1.COC1CCC1. The van der Waals surface area contributed by atoms with Gasteiger partial charge in [-0.1, -0.05) is 13.8 Å². The summed E-state index contributed by atoms with van der Waals surface area (Å²) in [5.74, 6) is 0.905. The molecule has 3 saturated heterocycles. The molecule has 5 nitrogen and oxygen atoms in total. The lowest BCUT2D eigenvalue weighted by Gasteiger charge is -2.55. The molecule has 1 aliphatic carbocycles. The third-order valence-corrected chi connectivity index (χ3v) is 6.43. The van der Waals surface area contributed by atoms with Crippen LogP contribution in [0, 0.1) is 5.92 Å². The van der Waals surface area contributed by atoms with Gasteiger partial charge in [0.15, 0.2) is 0 Å². The lowest BCUT2D eigenvalue weighted by atomic mass is 9.88. The Hall–Kier alpha value is -0.200. The van der Waals surface area contributed by atoms with Crippen molar-refractivity contribution in [2.75, 3.05) is 73.7 Å². The van der Waals surface area contributed by atoms with E-state index in [1.807, 2.05) is 13.8 Å². The molecule has 0 atom stereocenters. The Morgan fingerprint density at radius 3 is 2.00 bits per heavy atom. The largest absolute Gasteiger partial charge is 0.381 e. The second-order valence-electron chi connectivity index (χ2n) is 8.44. The van der Waals surface area contributed by atoms with Gasteiger partial charge in [-0.15, -0.1) is 0 Å². The fraction of sp³-hybridized carbons (Fsp3) is 1.00. The highest BCUT2D eigenvalue weighted by Gasteiger charge is 2.47. The van der Waals surface area contributed by atoms with Crippen LogP contribution in [-0.2, 0) is 9.47 Å². The summed E-state index contributed by atoms with van der Waals surface area (Å²) in [4.78, 5) is 7.67. The molecule has 0 unspecified atom stereocenters. The van der Waals surface area contributed by atoms with E-state index in [1.165, 1.54) is 71.4 Å². The molecule has 1 saturated carbocycles. The molecule has 1 spiro atoms. The number of likely N-dealkylation sites (N-methyl/N-ethyl adjacent to an activating group) is 1. The molecule has 0 aromatic carbocycles. The zero-order chi connectivity index (χ0) is 19.0. The molecular weight excluding hydrogens is 326 g/mol. The van der Waals surface area contributed by atoms with E-state index in [-0.39, 0.29) is 0 Å². The monoisotopic (exact) mass is 369 g/mol. The molecule has 4 rings (SSSR count). The van der Waals surface area contributed by atoms with Gasteiger partial charge in [0.1, 0.15) is 0 Å². The number of nitrogens with zero attached hydrogens (tertiary/aromatic N) is 3. The third-order valence-electron chi connectivity index (χ3n) is 6.43. The van der Waals surface area contributed by atoms with Gasteiger partial charge in [0.25, 0.3) is 0 Å². The summed E-state index contributed by atoms with van der Waals surface area (Å²) in [5, 5.41) is 0. The number of ether oxygens (including phenoxy) is 2. The van der Waals surface area contributed by atoms with Crippen LogP contribution in [0.15, 0.2) is 0 Å². The van der Waals surface area contributed by atoms with Gasteiger partial charge in [0.05, 0.1) is 24.9 Å². The molecule has 0 aromatic heterocycles. The number of hydrogen-bond acceptors (Lipinski definition) is 5. The van der Waals surface area contributed by atoms with Gasteiger partial charge in [0, 0.05) is 33.3 Å². The average Bonchev–Trinajstić information content (AvgIpc) is 2.58. The molecule has 0 radical (unpaired) electrons. The minimum Gasteiger partial charge on any atom is -0.381 e. The van der Waals surface area contributed by atoms with Crippen LogP contribution in [0.1, 0.15) is 46.0 Å². The normalized spacial score (nSPS) is 27.6. The molecule has 26 heavy (non-hydrogen) atoms. The van der Waals surface area contributed by atoms with E-state index in [4.69, 9.17) is 9.47 Å². The van der Waals surface area contributed by atoms with Gasteiger partial charge in [-0.05, 0) is 65.2 Å². The van der Waals surface area contributed by atoms with Crippen LogP contribution in [0.2, 0.25) is 0 Å². The van der Waals surface area contributed by atoms with Gasteiger partial charge >= 0.3 is 0 Å². The van der Waals surface area contributed by atoms with Crippen molar-refractivity contribution in [1.29, 1.82) is 0 Å². The number of likely N-dealkylation sites (tertiary alicyclic amines) is 1. The van der Waals surface area contributed by atoms with Crippen molar-refractivity contribution in [2.24, 2.45) is 5.92 Å². The van der Waals surface area contributed by atoms with Crippen LogP contribution in [0.4, 0.5) is 0 Å². The molecular formula is C21H43N3O2. The zero-order valence-electron chi connectivity index (χ0n) is 18.0. The standard InChI is InChI=1S/C14H27N3O.C5H10O.C2H6/c1-15-5-3-13(4-6-15)9-17-8-7-16(2)10-14(17)11-18-12-14;1-6-5-3-2-4-5;1-2/h13H,3-12H2,1-2H3;5H,2-4H2,1H3;1-2H3. The van der Waals surface area contributed by atoms with Crippen LogP contribution >= 0.6 is 0 Å². The molecule has 154 valence electrons. The summed E-state index contributed by atoms with van der Waals surface area (Å²) >= 11 is 0. The van der Waals surface area contributed by atoms with Crippen molar-refractivity contribution >= 4 is 0 Å². The maximum Gasteiger partial charge on any atom is 0.0807 e. The van der Waals surface area contributed by atoms with Gasteiger partial charge in [-0.2, -0.15) is 0 Å². The van der Waals surface area contributed by atoms with Crippen molar-refractivity contribution in [2.45, 2.75) is 57.6 Å². The molecule has 0 aromatic rings. The molecule has 0 bridgehead atoms. The first-order valence-electron chi connectivity index (χ1n) is 10.8. The number of piperazine rings is 1. The number of methoxy groups -OCH3 is 1. The summed E-state index contributed by atoms with van der Waals surface area (Å²) in [7, 11) is 6.27. The van der Waals surface area contributed by atoms with Crippen LogP contribution < -0.4 is 0 Å². The minimum absolute atomic E-state index is 0.357. The van der Waals surface area contributed by atoms with E-state index in [0.717, 1.165) is 19.1 Å². The van der Waals surface area contributed by atoms with E-state index in [0.29, 0.717) is 11.6 Å². The number of rotatable bonds is 3. The second-order valence-corrected chi connectivity index (χ2v) is 8.44. The Morgan fingerprint density at radius 2 is 1.58 bits per heavy atom. The van der Waals surface area contributed by atoms with Gasteiger partial charge < -0.3 is 19.3 Å². The Bertz CT molecular complexity index is 375. The second kappa shape index (κ2) is 11.0. The van der Waals surface area contributed by atoms with Crippen molar-refractivity contribution in [3.05, 3.63) is 0 Å². The maximum absolute atomic E-state index is 5.52. The number of hydrogen-bond donors (Lipinski definition) is 0. The first-order valence-corrected chi connectivity index (χ1v) is 10.8. The van der Waals surface area contributed by atoms with E-state index in [9.17, 15) is 0 Å². The van der Waals surface area contributed by atoms with Gasteiger partial charge in [0.2, 0.25) is 0 Å². The van der Waals surface area contributed by atoms with E-state index in [1.54, 1.807) is 7.11 Å². The average molecular weight is 370 g/mol. The van der Waals surface area contributed by atoms with E-state index < -0.39 is 0 Å². The van der Waals surface area contributed by atoms with Crippen LogP contribution in [0.3, 0.4) is 0 Å². The van der Waals surface area contributed by atoms with Gasteiger partial charge in [-0.3, -0.25) is 4.90 Å². The summed E-state index contributed by atoms with van der Waals surface area (Å²) in [6.07, 6.45) is 7.32. The fourth-order valence-electron chi connectivity index (χ4n) is 4.27.